The lowest BCUT2D eigenvalue weighted by Crippen LogP contribution is -1.99. The Morgan fingerprint density at radius 2 is 1.95 bits per heavy atom. The van der Waals surface area contributed by atoms with E-state index in [-0.39, 0.29) is 34.4 Å². The molecule has 0 radical (unpaired) electrons. The van der Waals surface area contributed by atoms with Gasteiger partial charge in [-0.2, -0.15) is 0 Å². The van der Waals surface area contributed by atoms with Gasteiger partial charge in [-0.15, -0.1) is 0 Å². The topological polar surface area (TPSA) is 66.8 Å². The molecule has 3 rings (SSSR count). The van der Waals surface area contributed by atoms with Crippen molar-refractivity contribution in [1.29, 1.82) is 0 Å². The fourth-order valence-electron chi connectivity index (χ4n) is 2.42. The minimum atomic E-state index is -0.381. The van der Waals surface area contributed by atoms with Crippen LogP contribution in [0.5, 0.6) is 17.2 Å². The molecule has 1 aliphatic heterocycles. The van der Waals surface area contributed by atoms with E-state index in [4.69, 9.17) is 4.74 Å². The Morgan fingerprint density at radius 1 is 1.19 bits per heavy atom. The molecule has 0 bridgehead atoms. The molecule has 2 N–H and O–H groups in total. The predicted octanol–water partition coefficient (Wildman–Crippen LogP) is 3.28. The van der Waals surface area contributed by atoms with Crippen LogP contribution in [0.2, 0.25) is 0 Å². The highest BCUT2D eigenvalue weighted by atomic mass is 16.5. The molecule has 0 fully saturated rings. The molecule has 0 unspecified atom stereocenters. The molecular formula is C17H14O4. The number of carbonyl (C=O) groups excluding carboxylic acids is 1. The number of Topliss-reactive ketones (excluding diaryl/α,β-unsaturated/α-hetero) is 1. The highest BCUT2D eigenvalue weighted by molar-refractivity contribution is 6.16. The van der Waals surface area contributed by atoms with E-state index in [1.54, 1.807) is 6.08 Å². The van der Waals surface area contributed by atoms with Crippen LogP contribution in [0.25, 0.3) is 6.08 Å². The van der Waals surface area contributed by atoms with Gasteiger partial charge in [0.15, 0.2) is 5.76 Å². The number of hydrogen-bond donors (Lipinski definition) is 2. The Labute approximate surface area is 121 Å². The van der Waals surface area contributed by atoms with Gasteiger partial charge in [-0.1, -0.05) is 31.2 Å². The maximum atomic E-state index is 12.3. The number of ketones is 1. The lowest BCUT2D eigenvalue weighted by atomic mass is 10.0. The standard InChI is InChI=1S/C17H14O4/c1-2-10-5-3-4-6-11(10)7-15-17(20)16-13(19)8-12(18)9-14(16)21-15/h3-9,18-19H,2H2,1H3/b15-7-. The molecule has 2 aromatic carbocycles. The zero-order chi connectivity index (χ0) is 15.0. The van der Waals surface area contributed by atoms with Crippen molar-refractivity contribution in [2.75, 3.05) is 0 Å². The summed E-state index contributed by atoms with van der Waals surface area (Å²) >= 11 is 0. The zero-order valence-electron chi connectivity index (χ0n) is 11.5. The number of phenols is 2. The van der Waals surface area contributed by atoms with Crippen molar-refractivity contribution < 1.29 is 19.7 Å². The van der Waals surface area contributed by atoms with Crippen LogP contribution in [0.1, 0.15) is 28.4 Å². The van der Waals surface area contributed by atoms with E-state index in [1.807, 2.05) is 31.2 Å². The molecule has 1 aliphatic rings. The average Bonchev–Trinajstić information content (AvgIpc) is 2.76. The van der Waals surface area contributed by atoms with E-state index in [9.17, 15) is 15.0 Å². The van der Waals surface area contributed by atoms with Gasteiger partial charge in [0.2, 0.25) is 5.78 Å². The first kappa shape index (κ1) is 13.2. The highest BCUT2D eigenvalue weighted by Crippen LogP contribution is 2.40. The van der Waals surface area contributed by atoms with Crippen molar-refractivity contribution >= 4 is 11.9 Å². The summed E-state index contributed by atoms with van der Waals surface area (Å²) in [6.07, 6.45) is 2.50. The summed E-state index contributed by atoms with van der Waals surface area (Å²) < 4.78 is 5.48. The van der Waals surface area contributed by atoms with Gasteiger partial charge in [-0.05, 0) is 23.6 Å². The van der Waals surface area contributed by atoms with Gasteiger partial charge < -0.3 is 14.9 Å². The normalized spacial score (nSPS) is 15.1. The van der Waals surface area contributed by atoms with Crippen molar-refractivity contribution in [2.24, 2.45) is 0 Å². The smallest absolute Gasteiger partial charge is 0.235 e. The second-order valence-electron chi connectivity index (χ2n) is 4.83. The summed E-state index contributed by atoms with van der Waals surface area (Å²) in [6, 6.07) is 10.2. The maximum Gasteiger partial charge on any atom is 0.235 e. The summed E-state index contributed by atoms with van der Waals surface area (Å²) in [5.41, 5.74) is 2.09. The fourth-order valence-corrected chi connectivity index (χ4v) is 2.42. The Kier molecular flexibility index (Phi) is 3.14. The molecule has 4 heteroatoms. The van der Waals surface area contributed by atoms with Crippen LogP contribution >= 0.6 is 0 Å². The number of aryl methyl sites for hydroxylation is 1. The molecule has 0 aliphatic carbocycles. The summed E-state index contributed by atoms with van der Waals surface area (Å²) in [6.45, 7) is 2.04. The zero-order valence-corrected chi connectivity index (χ0v) is 11.5. The second kappa shape index (κ2) is 4.98. The lowest BCUT2D eigenvalue weighted by molar-refractivity contribution is 0.101. The molecular weight excluding hydrogens is 268 g/mol. The van der Waals surface area contributed by atoms with Crippen LogP contribution in [0, 0.1) is 0 Å². The monoisotopic (exact) mass is 282 g/mol. The Balaban J connectivity index is 2.05. The number of benzene rings is 2. The number of allylic oxidation sites excluding steroid dienone is 1. The number of rotatable bonds is 2. The molecule has 106 valence electrons. The van der Waals surface area contributed by atoms with E-state index in [1.165, 1.54) is 6.07 Å². The molecule has 0 aromatic heterocycles. The van der Waals surface area contributed by atoms with Crippen molar-refractivity contribution in [1.82, 2.24) is 0 Å². The molecule has 2 aromatic rings. The molecule has 1 heterocycles. The van der Waals surface area contributed by atoms with E-state index in [2.05, 4.69) is 0 Å². The first-order chi connectivity index (χ1) is 10.1. The number of ether oxygens (including phenoxy) is 1. The summed E-state index contributed by atoms with van der Waals surface area (Å²) in [4.78, 5) is 12.3. The fraction of sp³-hybridized carbons (Fsp3) is 0.118. The third-order valence-corrected chi connectivity index (χ3v) is 3.46. The van der Waals surface area contributed by atoms with Crippen molar-refractivity contribution in [2.45, 2.75) is 13.3 Å². The van der Waals surface area contributed by atoms with Gasteiger partial charge in [-0.3, -0.25) is 4.79 Å². The Bertz CT molecular complexity index is 759. The van der Waals surface area contributed by atoms with E-state index < -0.39 is 0 Å². The summed E-state index contributed by atoms with van der Waals surface area (Å²) in [5.74, 6) is -0.477. The third kappa shape index (κ3) is 2.25. The lowest BCUT2D eigenvalue weighted by Gasteiger charge is -2.03. The van der Waals surface area contributed by atoms with Gasteiger partial charge >= 0.3 is 0 Å². The summed E-state index contributed by atoms with van der Waals surface area (Å²) in [7, 11) is 0. The number of aromatic hydroxyl groups is 2. The van der Waals surface area contributed by atoms with E-state index in [0.717, 1.165) is 23.6 Å². The Morgan fingerprint density at radius 3 is 2.71 bits per heavy atom. The van der Waals surface area contributed by atoms with Crippen LogP contribution < -0.4 is 4.74 Å². The van der Waals surface area contributed by atoms with Crippen LogP contribution in [0.3, 0.4) is 0 Å². The SMILES string of the molecule is CCc1ccccc1/C=C1\Oc2cc(O)cc(O)c2C1=O. The molecule has 0 spiro atoms. The van der Waals surface area contributed by atoms with Crippen molar-refractivity contribution in [3.8, 4) is 17.2 Å². The van der Waals surface area contributed by atoms with Crippen LogP contribution in [-0.2, 0) is 6.42 Å². The minimum absolute atomic E-state index is 0.0908. The molecule has 21 heavy (non-hydrogen) atoms. The quantitative estimate of drug-likeness (QED) is 0.829. The summed E-state index contributed by atoms with van der Waals surface area (Å²) in [5, 5.41) is 19.2. The number of phenolic OH excluding ortho intramolecular Hbond substituents is 2. The number of hydrogen-bond acceptors (Lipinski definition) is 4. The third-order valence-electron chi connectivity index (χ3n) is 3.46. The largest absolute Gasteiger partial charge is 0.508 e. The predicted molar refractivity (Wildman–Crippen MR) is 78.5 cm³/mol. The van der Waals surface area contributed by atoms with E-state index >= 15 is 0 Å². The molecule has 4 nitrogen and oxygen atoms in total. The highest BCUT2D eigenvalue weighted by Gasteiger charge is 2.31. The molecule has 0 saturated carbocycles. The molecule has 0 saturated heterocycles. The van der Waals surface area contributed by atoms with Gasteiger partial charge in [-0.25, -0.2) is 0 Å². The van der Waals surface area contributed by atoms with E-state index in [0.29, 0.717) is 0 Å². The van der Waals surface area contributed by atoms with Gasteiger partial charge in [0.05, 0.1) is 0 Å². The van der Waals surface area contributed by atoms with Crippen LogP contribution in [0.4, 0.5) is 0 Å². The van der Waals surface area contributed by atoms with Crippen LogP contribution in [-0.4, -0.2) is 16.0 Å². The van der Waals surface area contributed by atoms with Gasteiger partial charge in [0.25, 0.3) is 0 Å². The maximum absolute atomic E-state index is 12.3. The molecule has 0 amide bonds. The first-order valence-corrected chi connectivity index (χ1v) is 6.68. The number of carbonyl (C=O) groups is 1. The van der Waals surface area contributed by atoms with Gasteiger partial charge in [0, 0.05) is 12.1 Å². The average molecular weight is 282 g/mol. The van der Waals surface area contributed by atoms with Gasteiger partial charge in [0.1, 0.15) is 22.8 Å². The van der Waals surface area contributed by atoms with Crippen molar-refractivity contribution in [3.05, 3.63) is 58.8 Å². The van der Waals surface area contributed by atoms with Crippen LogP contribution in [0.15, 0.2) is 42.2 Å². The Hall–Kier alpha value is -2.75. The second-order valence-corrected chi connectivity index (χ2v) is 4.83. The molecule has 0 atom stereocenters. The number of fused-ring (bicyclic) bond motifs is 1. The minimum Gasteiger partial charge on any atom is -0.508 e. The van der Waals surface area contributed by atoms with Crippen molar-refractivity contribution in [3.63, 3.8) is 0 Å². The first-order valence-electron chi connectivity index (χ1n) is 6.68.